The summed E-state index contributed by atoms with van der Waals surface area (Å²) in [7, 11) is 1.81. The Hall–Kier alpha value is -2.21. The highest BCUT2D eigenvalue weighted by Crippen LogP contribution is 2.39. The Kier molecular flexibility index (Phi) is 4.29. The van der Waals surface area contributed by atoms with Crippen molar-refractivity contribution in [1.29, 1.82) is 0 Å². The number of ether oxygens (including phenoxy) is 1. The first kappa shape index (κ1) is 16.3. The van der Waals surface area contributed by atoms with Crippen molar-refractivity contribution in [2.75, 3.05) is 19.7 Å². The molecule has 4 rings (SSSR count). The highest BCUT2D eigenvalue weighted by atomic mass is 16.5. The van der Waals surface area contributed by atoms with Gasteiger partial charge in [0.1, 0.15) is 5.69 Å². The molecule has 0 N–H and O–H groups in total. The molecule has 1 spiro atoms. The van der Waals surface area contributed by atoms with E-state index in [9.17, 15) is 4.79 Å². The molecule has 2 aliphatic rings. The summed E-state index contributed by atoms with van der Waals surface area (Å²) in [6.45, 7) is 2.30. The van der Waals surface area contributed by atoms with E-state index in [2.05, 4.69) is 16.1 Å². The third-order valence-corrected chi connectivity index (χ3v) is 5.51. The minimum absolute atomic E-state index is 0.0529. The van der Waals surface area contributed by atoms with Crippen LogP contribution in [0.5, 0.6) is 0 Å². The van der Waals surface area contributed by atoms with Gasteiger partial charge in [0.25, 0.3) is 5.91 Å². The summed E-state index contributed by atoms with van der Waals surface area (Å²) in [6.07, 6.45) is 7.38. The van der Waals surface area contributed by atoms with Crippen LogP contribution in [0.4, 0.5) is 0 Å². The highest BCUT2D eigenvalue weighted by molar-refractivity contribution is 5.92. The summed E-state index contributed by atoms with van der Waals surface area (Å²) >= 11 is 0. The topological polar surface area (TPSA) is 60.2 Å². The van der Waals surface area contributed by atoms with Gasteiger partial charge < -0.3 is 9.64 Å². The van der Waals surface area contributed by atoms with Crippen LogP contribution >= 0.6 is 0 Å². The van der Waals surface area contributed by atoms with Gasteiger partial charge in [-0.25, -0.2) is 0 Å². The summed E-state index contributed by atoms with van der Waals surface area (Å²) in [4.78, 5) is 19.0. The summed E-state index contributed by atoms with van der Waals surface area (Å²) in [5.74, 6) is 0.590. The fraction of sp³-hybridized carbons (Fsp3) is 0.526. The van der Waals surface area contributed by atoms with Crippen molar-refractivity contribution in [2.24, 2.45) is 13.0 Å². The average molecular weight is 340 g/mol. The molecular weight excluding hydrogens is 316 g/mol. The van der Waals surface area contributed by atoms with Crippen LogP contribution < -0.4 is 0 Å². The minimum Gasteiger partial charge on any atom is -0.375 e. The van der Waals surface area contributed by atoms with E-state index in [0.29, 0.717) is 11.6 Å². The van der Waals surface area contributed by atoms with Gasteiger partial charge in [-0.05, 0) is 49.8 Å². The maximum absolute atomic E-state index is 12.6. The van der Waals surface area contributed by atoms with Gasteiger partial charge in [-0.15, -0.1) is 0 Å². The number of hydrogen-bond acceptors (Lipinski definition) is 4. The van der Waals surface area contributed by atoms with Gasteiger partial charge in [-0.2, -0.15) is 5.10 Å². The van der Waals surface area contributed by atoms with E-state index in [1.54, 1.807) is 24.0 Å². The first-order valence-electron chi connectivity index (χ1n) is 8.96. The van der Waals surface area contributed by atoms with Crippen molar-refractivity contribution in [3.8, 4) is 0 Å². The molecule has 2 aliphatic heterocycles. The number of hydrogen-bond donors (Lipinski definition) is 0. The molecule has 0 radical (unpaired) electrons. The van der Waals surface area contributed by atoms with E-state index in [1.165, 1.54) is 0 Å². The molecule has 2 fully saturated rings. The third-order valence-electron chi connectivity index (χ3n) is 5.51. The van der Waals surface area contributed by atoms with Crippen molar-refractivity contribution in [1.82, 2.24) is 19.7 Å². The predicted molar refractivity (Wildman–Crippen MR) is 93.1 cm³/mol. The molecule has 1 amide bonds. The zero-order chi connectivity index (χ0) is 17.3. The van der Waals surface area contributed by atoms with Crippen LogP contribution in [0.2, 0.25) is 0 Å². The number of likely N-dealkylation sites (tertiary alicyclic amines) is 1. The summed E-state index contributed by atoms with van der Waals surface area (Å²) in [5.41, 5.74) is 1.73. The minimum atomic E-state index is -0.0529. The molecule has 6 nitrogen and oxygen atoms in total. The Labute approximate surface area is 147 Å². The maximum atomic E-state index is 12.6. The molecule has 2 saturated heterocycles. The molecule has 25 heavy (non-hydrogen) atoms. The standard InChI is InChI=1S/C19H24N4O2/c1-22-17(5-9-21-22)18(24)23-10-6-19(7-11-23)13-15(14-25-19)12-16-4-2-3-8-20-16/h2-5,8-9,15H,6-7,10-14H2,1H3/t15-/m1/s1. The number of pyridine rings is 1. The number of carbonyl (C=O) groups excluding carboxylic acids is 1. The monoisotopic (exact) mass is 340 g/mol. The summed E-state index contributed by atoms with van der Waals surface area (Å²) < 4.78 is 7.87. The van der Waals surface area contributed by atoms with Gasteiger partial charge >= 0.3 is 0 Å². The fourth-order valence-electron chi connectivity index (χ4n) is 4.10. The SMILES string of the molecule is Cn1nccc1C(=O)N1CCC2(CC1)C[C@@H](Cc1ccccn1)CO2. The Morgan fingerprint density at radius 2 is 2.12 bits per heavy atom. The predicted octanol–water partition coefficient (Wildman–Crippen LogP) is 2.07. The number of nitrogens with zero attached hydrogens (tertiary/aromatic N) is 4. The lowest BCUT2D eigenvalue weighted by atomic mass is 9.84. The number of carbonyl (C=O) groups is 1. The van der Waals surface area contributed by atoms with Crippen LogP contribution in [-0.4, -0.2) is 50.9 Å². The zero-order valence-corrected chi connectivity index (χ0v) is 14.6. The summed E-state index contributed by atoms with van der Waals surface area (Å²) in [5, 5.41) is 4.09. The molecule has 0 saturated carbocycles. The second kappa shape index (κ2) is 6.59. The molecule has 2 aromatic heterocycles. The molecule has 4 heterocycles. The second-order valence-corrected chi connectivity index (χ2v) is 7.22. The Balaban J connectivity index is 1.34. The number of rotatable bonds is 3. The lowest BCUT2D eigenvalue weighted by Gasteiger charge is -2.38. The van der Waals surface area contributed by atoms with Gasteiger partial charge in [0.05, 0.1) is 12.2 Å². The number of aromatic nitrogens is 3. The molecule has 0 bridgehead atoms. The highest BCUT2D eigenvalue weighted by Gasteiger charge is 2.43. The van der Waals surface area contributed by atoms with Crippen LogP contribution in [0.25, 0.3) is 0 Å². The van der Waals surface area contributed by atoms with E-state index in [4.69, 9.17) is 4.74 Å². The third kappa shape index (κ3) is 3.31. The molecule has 0 aromatic carbocycles. The van der Waals surface area contributed by atoms with Crippen LogP contribution in [0.15, 0.2) is 36.7 Å². The van der Waals surface area contributed by atoms with Crippen molar-refractivity contribution in [3.63, 3.8) is 0 Å². The van der Waals surface area contributed by atoms with Crippen LogP contribution in [0.3, 0.4) is 0 Å². The lowest BCUT2D eigenvalue weighted by molar-refractivity contribution is -0.0392. The van der Waals surface area contributed by atoms with Crippen molar-refractivity contribution in [3.05, 3.63) is 48.0 Å². The quantitative estimate of drug-likeness (QED) is 0.858. The Bertz CT molecular complexity index is 735. The molecular formula is C19H24N4O2. The first-order chi connectivity index (χ1) is 12.2. The van der Waals surface area contributed by atoms with Gasteiger partial charge in [0.2, 0.25) is 0 Å². The van der Waals surface area contributed by atoms with Gasteiger partial charge in [0, 0.05) is 38.2 Å². The average Bonchev–Trinajstić information content (AvgIpc) is 3.23. The van der Waals surface area contributed by atoms with E-state index >= 15 is 0 Å². The van der Waals surface area contributed by atoms with E-state index < -0.39 is 0 Å². The molecule has 0 aliphatic carbocycles. The molecule has 132 valence electrons. The van der Waals surface area contributed by atoms with Gasteiger partial charge in [-0.3, -0.25) is 14.5 Å². The van der Waals surface area contributed by atoms with E-state index in [0.717, 1.165) is 51.1 Å². The molecule has 1 atom stereocenters. The second-order valence-electron chi connectivity index (χ2n) is 7.22. The smallest absolute Gasteiger partial charge is 0.272 e. The lowest BCUT2D eigenvalue weighted by Crippen LogP contribution is -2.46. The van der Waals surface area contributed by atoms with Crippen molar-refractivity contribution < 1.29 is 9.53 Å². The summed E-state index contributed by atoms with van der Waals surface area (Å²) in [6, 6.07) is 7.85. The van der Waals surface area contributed by atoms with E-state index in [1.807, 2.05) is 23.2 Å². The van der Waals surface area contributed by atoms with Crippen molar-refractivity contribution in [2.45, 2.75) is 31.3 Å². The maximum Gasteiger partial charge on any atom is 0.272 e. The molecule has 6 heteroatoms. The Morgan fingerprint density at radius 1 is 1.28 bits per heavy atom. The van der Waals surface area contributed by atoms with Gasteiger partial charge in [0.15, 0.2) is 0 Å². The molecule has 0 unspecified atom stereocenters. The van der Waals surface area contributed by atoms with E-state index in [-0.39, 0.29) is 11.5 Å². The Morgan fingerprint density at radius 3 is 2.80 bits per heavy atom. The fourth-order valence-corrected chi connectivity index (χ4v) is 4.10. The first-order valence-corrected chi connectivity index (χ1v) is 8.96. The van der Waals surface area contributed by atoms with Crippen LogP contribution in [0.1, 0.15) is 35.4 Å². The zero-order valence-electron chi connectivity index (χ0n) is 14.6. The normalized spacial score (nSPS) is 22.4. The molecule has 2 aromatic rings. The van der Waals surface area contributed by atoms with Gasteiger partial charge in [-0.1, -0.05) is 6.07 Å². The number of piperidine rings is 1. The van der Waals surface area contributed by atoms with Crippen molar-refractivity contribution >= 4 is 5.91 Å². The number of aryl methyl sites for hydroxylation is 1. The largest absolute Gasteiger partial charge is 0.375 e. The van der Waals surface area contributed by atoms with Crippen LogP contribution in [0, 0.1) is 5.92 Å². The number of amides is 1. The van der Waals surface area contributed by atoms with Crippen LogP contribution in [-0.2, 0) is 18.2 Å².